The molecule has 0 aliphatic carbocycles. The second kappa shape index (κ2) is 6.17. The van der Waals surface area contributed by atoms with Gasteiger partial charge in [0.05, 0.1) is 0 Å². The van der Waals surface area contributed by atoms with Gasteiger partial charge in [-0.1, -0.05) is 41.9 Å². The molecular formula is C14H12ClNO2. The summed E-state index contributed by atoms with van der Waals surface area (Å²) in [6, 6.07) is 17.0. The predicted octanol–water partition coefficient (Wildman–Crippen LogP) is 4.35. The van der Waals surface area contributed by atoms with Crippen molar-refractivity contribution in [3.63, 3.8) is 0 Å². The van der Waals surface area contributed by atoms with Crippen molar-refractivity contribution >= 4 is 11.6 Å². The Hall–Kier alpha value is -1.87. The van der Waals surface area contributed by atoms with E-state index in [1.165, 1.54) is 0 Å². The Morgan fingerprint density at radius 1 is 1.00 bits per heavy atom. The van der Waals surface area contributed by atoms with E-state index in [0.29, 0.717) is 6.42 Å². The lowest BCUT2D eigenvalue weighted by atomic mass is 10.1. The van der Waals surface area contributed by atoms with Gasteiger partial charge in [-0.15, -0.1) is 4.91 Å². The normalized spacial score (nSPS) is 11.8. The van der Waals surface area contributed by atoms with Gasteiger partial charge in [0.25, 0.3) is 0 Å². The van der Waals surface area contributed by atoms with Gasteiger partial charge >= 0.3 is 0 Å². The summed E-state index contributed by atoms with van der Waals surface area (Å²) in [7, 11) is 0. The zero-order valence-corrected chi connectivity index (χ0v) is 10.4. The van der Waals surface area contributed by atoms with Crippen LogP contribution in [0.15, 0.2) is 59.8 Å². The smallest absolute Gasteiger partial charge is 0.169 e. The lowest BCUT2D eigenvalue weighted by Gasteiger charge is -2.06. The topological polar surface area (TPSA) is 38.7 Å². The molecule has 0 aliphatic rings. The number of nitroso groups, excluding NO2 is 1. The minimum atomic E-state index is -0.717. The average molecular weight is 262 g/mol. The van der Waals surface area contributed by atoms with Gasteiger partial charge in [0.15, 0.2) is 5.50 Å². The molecule has 0 aromatic heterocycles. The van der Waals surface area contributed by atoms with Crippen LogP contribution < -0.4 is 4.74 Å². The fourth-order valence-electron chi connectivity index (χ4n) is 1.55. The standard InChI is InChI=1S/C14H12ClNO2/c15-14(16-17)10-11-6-8-13(9-7-11)18-12-4-2-1-3-5-12/h1-9,14H,10H2. The maximum atomic E-state index is 10.2. The van der Waals surface area contributed by atoms with Crippen molar-refractivity contribution in [1.82, 2.24) is 0 Å². The van der Waals surface area contributed by atoms with Crippen molar-refractivity contribution in [3.8, 4) is 11.5 Å². The number of hydrogen-bond acceptors (Lipinski definition) is 3. The van der Waals surface area contributed by atoms with Crippen LogP contribution in [0.2, 0.25) is 0 Å². The second-order valence-electron chi connectivity index (χ2n) is 3.80. The van der Waals surface area contributed by atoms with Gasteiger partial charge in [-0.05, 0) is 35.0 Å². The van der Waals surface area contributed by atoms with Gasteiger partial charge in [0.1, 0.15) is 11.5 Å². The highest BCUT2D eigenvalue weighted by molar-refractivity contribution is 6.20. The maximum Gasteiger partial charge on any atom is 0.169 e. The Kier molecular flexibility index (Phi) is 4.31. The third kappa shape index (κ3) is 3.57. The second-order valence-corrected chi connectivity index (χ2v) is 4.31. The molecule has 1 atom stereocenters. The van der Waals surface area contributed by atoms with E-state index in [1.807, 2.05) is 54.6 Å². The van der Waals surface area contributed by atoms with E-state index in [-0.39, 0.29) is 0 Å². The Bertz CT molecular complexity index is 499. The number of halogens is 1. The molecular weight excluding hydrogens is 250 g/mol. The summed E-state index contributed by atoms with van der Waals surface area (Å²) in [4.78, 5) is 10.2. The summed E-state index contributed by atoms with van der Waals surface area (Å²) in [6.45, 7) is 0. The van der Waals surface area contributed by atoms with Crippen LogP contribution in [0.5, 0.6) is 11.5 Å². The summed E-state index contributed by atoms with van der Waals surface area (Å²) < 4.78 is 5.65. The predicted molar refractivity (Wildman–Crippen MR) is 72.1 cm³/mol. The fraction of sp³-hybridized carbons (Fsp3) is 0.143. The Balaban J connectivity index is 2.02. The van der Waals surface area contributed by atoms with Crippen molar-refractivity contribution in [2.24, 2.45) is 5.18 Å². The van der Waals surface area contributed by atoms with Gasteiger partial charge in [0, 0.05) is 6.42 Å². The molecule has 0 fully saturated rings. The van der Waals surface area contributed by atoms with Crippen molar-refractivity contribution in [2.45, 2.75) is 11.9 Å². The SMILES string of the molecule is O=NC(Cl)Cc1ccc(Oc2ccccc2)cc1. The molecule has 92 valence electrons. The van der Waals surface area contributed by atoms with E-state index in [9.17, 15) is 4.91 Å². The van der Waals surface area contributed by atoms with Crippen molar-refractivity contribution in [2.75, 3.05) is 0 Å². The van der Waals surface area contributed by atoms with Crippen LogP contribution in [-0.4, -0.2) is 5.50 Å². The number of hydrogen-bond donors (Lipinski definition) is 0. The largest absolute Gasteiger partial charge is 0.457 e. The number of alkyl halides is 1. The minimum Gasteiger partial charge on any atom is -0.457 e. The van der Waals surface area contributed by atoms with Crippen molar-refractivity contribution < 1.29 is 4.74 Å². The highest BCUT2D eigenvalue weighted by atomic mass is 35.5. The molecule has 3 nitrogen and oxygen atoms in total. The molecule has 0 amide bonds. The summed E-state index contributed by atoms with van der Waals surface area (Å²) in [5, 5.41) is 2.76. The summed E-state index contributed by atoms with van der Waals surface area (Å²) in [6.07, 6.45) is 0.427. The quantitative estimate of drug-likeness (QED) is 0.456. The summed E-state index contributed by atoms with van der Waals surface area (Å²) >= 11 is 5.66. The molecule has 0 aliphatic heterocycles. The van der Waals surface area contributed by atoms with Crippen molar-refractivity contribution in [3.05, 3.63) is 65.1 Å². The first-order chi connectivity index (χ1) is 8.78. The molecule has 0 saturated heterocycles. The Morgan fingerprint density at radius 2 is 1.61 bits per heavy atom. The molecule has 2 aromatic rings. The van der Waals surface area contributed by atoms with Crippen LogP contribution in [0, 0.1) is 4.91 Å². The lowest BCUT2D eigenvalue weighted by Crippen LogP contribution is -1.98. The van der Waals surface area contributed by atoms with Crippen LogP contribution in [0.25, 0.3) is 0 Å². The third-order valence-electron chi connectivity index (χ3n) is 2.42. The highest BCUT2D eigenvalue weighted by Gasteiger charge is 2.05. The molecule has 1 unspecified atom stereocenters. The first kappa shape index (κ1) is 12.6. The first-order valence-corrected chi connectivity index (χ1v) is 6.00. The summed E-state index contributed by atoms with van der Waals surface area (Å²) in [5.41, 5.74) is 0.237. The van der Waals surface area contributed by atoms with Crippen LogP contribution in [-0.2, 0) is 6.42 Å². The number of ether oxygens (including phenoxy) is 1. The zero-order valence-electron chi connectivity index (χ0n) is 9.62. The lowest BCUT2D eigenvalue weighted by molar-refractivity contribution is 0.482. The third-order valence-corrected chi connectivity index (χ3v) is 2.65. The number of nitrogens with zero attached hydrogens (tertiary/aromatic N) is 1. The monoisotopic (exact) mass is 261 g/mol. The Morgan fingerprint density at radius 3 is 2.22 bits per heavy atom. The van der Waals surface area contributed by atoms with Gasteiger partial charge < -0.3 is 4.74 Å². The molecule has 0 N–H and O–H groups in total. The molecule has 0 radical (unpaired) electrons. The van der Waals surface area contributed by atoms with E-state index in [0.717, 1.165) is 17.1 Å². The van der Waals surface area contributed by atoms with Crippen LogP contribution in [0.3, 0.4) is 0 Å². The van der Waals surface area contributed by atoms with Gasteiger partial charge in [0.2, 0.25) is 0 Å². The maximum absolute atomic E-state index is 10.2. The molecule has 4 heteroatoms. The van der Waals surface area contributed by atoms with E-state index in [2.05, 4.69) is 5.18 Å². The molecule has 2 rings (SSSR count). The molecule has 0 bridgehead atoms. The van der Waals surface area contributed by atoms with Crippen LogP contribution in [0.1, 0.15) is 5.56 Å². The van der Waals surface area contributed by atoms with Crippen LogP contribution >= 0.6 is 11.6 Å². The molecule has 0 heterocycles. The van der Waals surface area contributed by atoms with E-state index >= 15 is 0 Å². The van der Waals surface area contributed by atoms with E-state index < -0.39 is 5.50 Å². The first-order valence-electron chi connectivity index (χ1n) is 5.56. The number of benzene rings is 2. The average Bonchev–Trinajstić information content (AvgIpc) is 2.42. The van der Waals surface area contributed by atoms with Crippen molar-refractivity contribution in [1.29, 1.82) is 0 Å². The van der Waals surface area contributed by atoms with Gasteiger partial charge in [-0.25, -0.2) is 0 Å². The molecule has 0 saturated carbocycles. The van der Waals surface area contributed by atoms with E-state index in [4.69, 9.17) is 16.3 Å². The van der Waals surface area contributed by atoms with E-state index in [1.54, 1.807) is 0 Å². The molecule has 18 heavy (non-hydrogen) atoms. The molecule has 0 spiro atoms. The van der Waals surface area contributed by atoms with Gasteiger partial charge in [-0.3, -0.25) is 0 Å². The van der Waals surface area contributed by atoms with Crippen LogP contribution in [0.4, 0.5) is 0 Å². The van der Waals surface area contributed by atoms with Gasteiger partial charge in [-0.2, -0.15) is 0 Å². The summed E-state index contributed by atoms with van der Waals surface area (Å²) in [5.74, 6) is 1.53. The minimum absolute atomic E-state index is 0.427. The highest BCUT2D eigenvalue weighted by Crippen LogP contribution is 2.21. The zero-order chi connectivity index (χ0) is 12.8. The fourth-order valence-corrected chi connectivity index (χ4v) is 1.73. The molecule has 2 aromatic carbocycles. The number of para-hydroxylation sites is 1. The number of rotatable bonds is 5. The Labute approximate surface area is 110 Å².